The molecule has 0 spiro atoms. The van der Waals surface area contributed by atoms with Crippen molar-refractivity contribution in [1.82, 2.24) is 10.0 Å². The molecule has 5 heteroatoms. The largest absolute Gasteiger partial charge is 0.314 e. The summed E-state index contributed by atoms with van der Waals surface area (Å²) < 4.78 is 26.8. The van der Waals surface area contributed by atoms with Crippen molar-refractivity contribution in [3.8, 4) is 0 Å². The lowest BCUT2D eigenvalue weighted by molar-refractivity contribution is 0.481. The van der Waals surface area contributed by atoms with Crippen molar-refractivity contribution in [3.05, 3.63) is 0 Å². The summed E-state index contributed by atoms with van der Waals surface area (Å²) in [6.45, 7) is 9.12. The van der Waals surface area contributed by atoms with Gasteiger partial charge >= 0.3 is 0 Å². The molecular formula is C14H32N2O2S. The average molecular weight is 292 g/mol. The summed E-state index contributed by atoms with van der Waals surface area (Å²) in [6, 6.07) is 0.529. The van der Waals surface area contributed by atoms with Crippen LogP contribution in [0.15, 0.2) is 0 Å². The summed E-state index contributed by atoms with van der Waals surface area (Å²) in [5.41, 5.74) is 0. The Labute approximate surface area is 119 Å². The van der Waals surface area contributed by atoms with E-state index in [1.165, 1.54) is 0 Å². The summed E-state index contributed by atoms with van der Waals surface area (Å²) in [5.74, 6) is 0.221. The van der Waals surface area contributed by atoms with Crippen molar-refractivity contribution in [2.45, 2.75) is 78.3 Å². The first-order chi connectivity index (χ1) is 8.91. The smallest absolute Gasteiger partial charge is 0.211 e. The normalized spacial score (nSPS) is 13.9. The zero-order chi connectivity index (χ0) is 14.7. The predicted molar refractivity (Wildman–Crippen MR) is 82.9 cm³/mol. The predicted octanol–water partition coefficient (Wildman–Crippen LogP) is 2.65. The summed E-state index contributed by atoms with van der Waals surface area (Å²) in [5, 5.41) is 3.24. The van der Waals surface area contributed by atoms with E-state index in [1.54, 1.807) is 0 Å². The third-order valence-corrected chi connectivity index (χ3v) is 4.55. The van der Waals surface area contributed by atoms with E-state index < -0.39 is 10.0 Å². The molecule has 2 N–H and O–H groups in total. The average Bonchev–Trinajstić information content (AvgIpc) is 2.31. The second-order valence-corrected chi connectivity index (χ2v) is 7.40. The zero-order valence-corrected chi connectivity index (χ0v) is 13.9. The summed E-state index contributed by atoms with van der Waals surface area (Å²) in [7, 11) is -3.12. The van der Waals surface area contributed by atoms with Crippen molar-refractivity contribution in [2.24, 2.45) is 0 Å². The van der Waals surface area contributed by atoms with Gasteiger partial charge in [0.25, 0.3) is 0 Å². The fourth-order valence-corrected chi connectivity index (χ4v) is 3.41. The molecule has 0 aromatic heterocycles. The molecule has 1 unspecified atom stereocenters. The third kappa shape index (κ3) is 11.4. The molecule has 4 nitrogen and oxygen atoms in total. The van der Waals surface area contributed by atoms with Crippen LogP contribution in [0.4, 0.5) is 0 Å². The van der Waals surface area contributed by atoms with Gasteiger partial charge in [0.15, 0.2) is 0 Å². The van der Waals surface area contributed by atoms with Crippen LogP contribution >= 0.6 is 0 Å². The zero-order valence-electron chi connectivity index (χ0n) is 13.0. The third-order valence-electron chi connectivity index (χ3n) is 3.03. The molecule has 0 rings (SSSR count). The van der Waals surface area contributed by atoms with Crippen LogP contribution in [0.5, 0.6) is 0 Å². The van der Waals surface area contributed by atoms with Crippen LogP contribution in [0, 0.1) is 0 Å². The SMILES string of the molecule is CCCCC(CCC)NS(=O)(=O)CCCNC(C)C. The van der Waals surface area contributed by atoms with Gasteiger partial charge in [0.1, 0.15) is 0 Å². The fourth-order valence-electron chi connectivity index (χ4n) is 2.03. The highest BCUT2D eigenvalue weighted by atomic mass is 32.2. The number of hydrogen-bond donors (Lipinski definition) is 2. The molecule has 0 aliphatic heterocycles. The van der Waals surface area contributed by atoms with E-state index in [9.17, 15) is 8.42 Å². The summed E-state index contributed by atoms with van der Waals surface area (Å²) in [6.07, 6.45) is 5.77. The highest BCUT2D eigenvalue weighted by Crippen LogP contribution is 2.08. The minimum absolute atomic E-state index is 0.119. The van der Waals surface area contributed by atoms with Gasteiger partial charge in [-0.25, -0.2) is 13.1 Å². The maximum absolute atomic E-state index is 12.0. The molecule has 0 radical (unpaired) electrons. The van der Waals surface area contributed by atoms with Crippen LogP contribution in [0.3, 0.4) is 0 Å². The van der Waals surface area contributed by atoms with E-state index in [1.807, 2.05) is 0 Å². The molecule has 0 aromatic carbocycles. The quantitative estimate of drug-likeness (QED) is 0.544. The van der Waals surface area contributed by atoms with E-state index >= 15 is 0 Å². The number of unbranched alkanes of at least 4 members (excludes halogenated alkanes) is 1. The van der Waals surface area contributed by atoms with E-state index in [-0.39, 0.29) is 11.8 Å². The molecular weight excluding hydrogens is 260 g/mol. The molecule has 0 bridgehead atoms. The molecule has 0 amide bonds. The number of rotatable bonds is 12. The van der Waals surface area contributed by atoms with Gasteiger partial charge in [0, 0.05) is 12.1 Å². The fraction of sp³-hybridized carbons (Fsp3) is 1.00. The Morgan fingerprint density at radius 3 is 2.21 bits per heavy atom. The minimum Gasteiger partial charge on any atom is -0.314 e. The van der Waals surface area contributed by atoms with E-state index in [2.05, 4.69) is 37.7 Å². The lowest BCUT2D eigenvalue weighted by Gasteiger charge is -2.18. The molecule has 0 aliphatic carbocycles. The Kier molecular flexibility index (Phi) is 10.6. The van der Waals surface area contributed by atoms with E-state index in [0.29, 0.717) is 12.5 Å². The molecule has 0 aromatic rings. The van der Waals surface area contributed by atoms with E-state index in [0.717, 1.165) is 38.6 Å². The molecule has 1 atom stereocenters. The van der Waals surface area contributed by atoms with Crippen LogP contribution in [-0.4, -0.2) is 32.8 Å². The van der Waals surface area contributed by atoms with Gasteiger partial charge in [0.2, 0.25) is 10.0 Å². The Hall–Kier alpha value is -0.130. The lowest BCUT2D eigenvalue weighted by atomic mass is 10.1. The molecule has 0 saturated heterocycles. The molecule has 19 heavy (non-hydrogen) atoms. The van der Waals surface area contributed by atoms with Crippen LogP contribution in [0.25, 0.3) is 0 Å². The van der Waals surface area contributed by atoms with Crippen LogP contribution in [-0.2, 0) is 10.0 Å². The van der Waals surface area contributed by atoms with Crippen molar-refractivity contribution in [3.63, 3.8) is 0 Å². The molecule has 0 heterocycles. The molecule has 0 saturated carbocycles. The monoisotopic (exact) mass is 292 g/mol. The maximum atomic E-state index is 12.0. The van der Waals surface area contributed by atoms with Crippen LogP contribution in [0.1, 0.15) is 66.2 Å². The van der Waals surface area contributed by atoms with Gasteiger partial charge in [-0.2, -0.15) is 0 Å². The first-order valence-electron chi connectivity index (χ1n) is 7.64. The number of hydrogen-bond acceptors (Lipinski definition) is 3. The number of nitrogens with one attached hydrogen (secondary N) is 2. The molecule has 0 aliphatic rings. The maximum Gasteiger partial charge on any atom is 0.211 e. The Morgan fingerprint density at radius 2 is 1.68 bits per heavy atom. The summed E-state index contributed by atoms with van der Waals surface area (Å²) in [4.78, 5) is 0. The van der Waals surface area contributed by atoms with Crippen molar-refractivity contribution in [1.29, 1.82) is 0 Å². The standard InChI is InChI=1S/C14H32N2O2S/c1-5-7-10-14(9-6-2)16-19(17,18)12-8-11-15-13(3)4/h13-16H,5-12H2,1-4H3. The second-order valence-electron chi connectivity index (χ2n) is 5.53. The van der Waals surface area contributed by atoms with Gasteiger partial charge in [-0.3, -0.25) is 0 Å². The first-order valence-corrected chi connectivity index (χ1v) is 9.29. The molecule has 116 valence electrons. The Balaban J connectivity index is 4.07. The topological polar surface area (TPSA) is 58.2 Å². The van der Waals surface area contributed by atoms with Gasteiger partial charge in [-0.15, -0.1) is 0 Å². The Morgan fingerprint density at radius 1 is 1.00 bits per heavy atom. The van der Waals surface area contributed by atoms with Crippen LogP contribution in [0.2, 0.25) is 0 Å². The highest BCUT2D eigenvalue weighted by Gasteiger charge is 2.16. The van der Waals surface area contributed by atoms with Crippen molar-refractivity contribution < 1.29 is 8.42 Å². The first kappa shape index (κ1) is 18.9. The molecule has 0 fully saturated rings. The van der Waals surface area contributed by atoms with Crippen molar-refractivity contribution in [2.75, 3.05) is 12.3 Å². The van der Waals surface area contributed by atoms with Gasteiger partial charge in [0.05, 0.1) is 5.75 Å². The van der Waals surface area contributed by atoms with Crippen LogP contribution < -0.4 is 10.0 Å². The summed E-state index contributed by atoms with van der Waals surface area (Å²) >= 11 is 0. The highest BCUT2D eigenvalue weighted by molar-refractivity contribution is 7.89. The van der Waals surface area contributed by atoms with Gasteiger partial charge < -0.3 is 5.32 Å². The van der Waals surface area contributed by atoms with Crippen molar-refractivity contribution >= 4 is 10.0 Å². The number of sulfonamides is 1. The van der Waals surface area contributed by atoms with Gasteiger partial charge in [-0.1, -0.05) is 47.0 Å². The van der Waals surface area contributed by atoms with Gasteiger partial charge in [-0.05, 0) is 25.8 Å². The lowest BCUT2D eigenvalue weighted by Crippen LogP contribution is -2.37. The minimum atomic E-state index is -3.12. The van der Waals surface area contributed by atoms with E-state index in [4.69, 9.17) is 0 Å². The Bertz CT molecular complexity index is 303. The second kappa shape index (κ2) is 10.6.